The molecule has 1 fully saturated rings. The minimum absolute atomic E-state index is 0.112. The van der Waals surface area contributed by atoms with Crippen molar-refractivity contribution in [3.8, 4) is 0 Å². The van der Waals surface area contributed by atoms with Gasteiger partial charge in [0.25, 0.3) is 0 Å². The molecule has 3 rings (SSSR count). The van der Waals surface area contributed by atoms with Gasteiger partial charge in [-0.25, -0.2) is 0 Å². The second kappa shape index (κ2) is 6.05. The Balaban J connectivity index is 1.76. The minimum Gasteiger partial charge on any atom is -0.441 e. The maximum atomic E-state index is 11.0. The lowest BCUT2D eigenvalue weighted by Gasteiger charge is -2.25. The summed E-state index contributed by atoms with van der Waals surface area (Å²) in [5, 5.41) is 14.6. The molecular weight excluding hydrogens is 286 g/mol. The lowest BCUT2D eigenvalue weighted by Crippen LogP contribution is -2.28. The van der Waals surface area contributed by atoms with Gasteiger partial charge in [-0.3, -0.25) is 10.1 Å². The van der Waals surface area contributed by atoms with E-state index in [0.29, 0.717) is 5.76 Å². The predicted octanol–water partition coefficient (Wildman–Crippen LogP) is 3.64. The van der Waals surface area contributed by atoms with Crippen LogP contribution in [-0.4, -0.2) is 23.2 Å². The van der Waals surface area contributed by atoms with Crippen molar-refractivity contribution in [2.75, 3.05) is 18.0 Å². The average Bonchev–Trinajstić information content (AvgIpc) is 3.12. The summed E-state index contributed by atoms with van der Waals surface area (Å²) in [5.41, 5.74) is 0.150. The van der Waals surface area contributed by atoms with E-state index in [2.05, 4.69) is 10.1 Å². The second-order valence-electron chi connectivity index (χ2n) is 5.29. The zero-order valence-electron chi connectivity index (χ0n) is 12.3. The van der Waals surface area contributed by atoms with Crippen LogP contribution in [0.5, 0.6) is 0 Å². The first-order valence-electron chi connectivity index (χ1n) is 7.28. The summed E-state index contributed by atoms with van der Waals surface area (Å²) in [5.74, 6) is 1.59. The van der Waals surface area contributed by atoms with Crippen molar-refractivity contribution in [1.82, 2.24) is 5.16 Å². The number of furan rings is 1. The van der Waals surface area contributed by atoms with Crippen LogP contribution in [0, 0.1) is 17.0 Å². The summed E-state index contributed by atoms with van der Waals surface area (Å²) in [6, 6.07) is 3.76. The number of hydrogen-bond acceptors (Lipinski definition) is 6. The SMILES string of the molecule is Cc1noc(C=Cc2ccc(N3CCCCC3)o2)c1[N+](=O)[O-]. The summed E-state index contributed by atoms with van der Waals surface area (Å²) in [7, 11) is 0. The minimum atomic E-state index is -0.493. The molecule has 0 atom stereocenters. The monoisotopic (exact) mass is 303 g/mol. The Morgan fingerprint density at radius 1 is 1.27 bits per heavy atom. The van der Waals surface area contributed by atoms with Gasteiger partial charge >= 0.3 is 5.69 Å². The molecule has 0 N–H and O–H groups in total. The summed E-state index contributed by atoms with van der Waals surface area (Å²) in [6.45, 7) is 3.55. The van der Waals surface area contributed by atoms with E-state index in [0.717, 1.165) is 19.0 Å². The quantitative estimate of drug-likeness (QED) is 0.633. The molecule has 0 unspecified atom stereocenters. The van der Waals surface area contributed by atoms with Crippen LogP contribution < -0.4 is 4.90 Å². The molecule has 2 aromatic rings. The van der Waals surface area contributed by atoms with Crippen molar-refractivity contribution < 1.29 is 13.9 Å². The topological polar surface area (TPSA) is 85.5 Å². The summed E-state index contributed by atoms with van der Waals surface area (Å²) in [4.78, 5) is 12.7. The van der Waals surface area contributed by atoms with Gasteiger partial charge in [-0.15, -0.1) is 0 Å². The molecule has 0 spiro atoms. The highest BCUT2D eigenvalue weighted by molar-refractivity contribution is 5.70. The molecule has 0 radical (unpaired) electrons. The van der Waals surface area contributed by atoms with E-state index < -0.39 is 4.92 Å². The van der Waals surface area contributed by atoms with Crippen molar-refractivity contribution in [3.63, 3.8) is 0 Å². The third-order valence-corrected chi connectivity index (χ3v) is 3.72. The largest absolute Gasteiger partial charge is 0.441 e. The van der Waals surface area contributed by atoms with Crippen molar-refractivity contribution in [2.45, 2.75) is 26.2 Å². The van der Waals surface area contributed by atoms with E-state index in [1.807, 2.05) is 12.1 Å². The van der Waals surface area contributed by atoms with Crippen LogP contribution in [-0.2, 0) is 0 Å². The zero-order valence-corrected chi connectivity index (χ0v) is 12.3. The number of rotatable bonds is 4. The van der Waals surface area contributed by atoms with Gasteiger partial charge < -0.3 is 13.8 Å². The third kappa shape index (κ3) is 2.88. The Kier molecular flexibility index (Phi) is 3.95. The van der Waals surface area contributed by atoms with Gasteiger partial charge in [0.15, 0.2) is 11.6 Å². The van der Waals surface area contributed by atoms with E-state index in [4.69, 9.17) is 8.94 Å². The lowest BCUT2D eigenvalue weighted by atomic mass is 10.1. The first kappa shape index (κ1) is 14.4. The van der Waals surface area contributed by atoms with Crippen LogP contribution >= 0.6 is 0 Å². The fourth-order valence-electron chi connectivity index (χ4n) is 2.59. The van der Waals surface area contributed by atoms with E-state index in [9.17, 15) is 10.1 Å². The summed E-state index contributed by atoms with van der Waals surface area (Å²) < 4.78 is 10.7. The van der Waals surface area contributed by atoms with Gasteiger partial charge in [0.2, 0.25) is 5.76 Å². The third-order valence-electron chi connectivity index (χ3n) is 3.72. The second-order valence-corrected chi connectivity index (χ2v) is 5.29. The Bertz CT molecular complexity index is 695. The first-order valence-corrected chi connectivity index (χ1v) is 7.28. The zero-order chi connectivity index (χ0) is 15.5. The van der Waals surface area contributed by atoms with Gasteiger partial charge in [0.1, 0.15) is 5.76 Å². The van der Waals surface area contributed by atoms with Gasteiger partial charge in [0, 0.05) is 19.2 Å². The number of anilines is 1. The van der Waals surface area contributed by atoms with E-state index in [-0.39, 0.29) is 17.1 Å². The molecule has 22 heavy (non-hydrogen) atoms. The standard InChI is InChI=1S/C15H17N3O4/c1-11-15(18(19)20)13(22-16-11)7-5-12-6-8-14(21-12)17-9-3-2-4-10-17/h5-8H,2-4,9-10H2,1H3. The van der Waals surface area contributed by atoms with E-state index in [1.165, 1.54) is 25.3 Å². The number of piperidine rings is 1. The predicted molar refractivity (Wildman–Crippen MR) is 81.6 cm³/mol. The lowest BCUT2D eigenvalue weighted by molar-refractivity contribution is -0.386. The van der Waals surface area contributed by atoms with Crippen LogP contribution in [0.15, 0.2) is 21.1 Å². The van der Waals surface area contributed by atoms with Crippen molar-refractivity contribution >= 4 is 23.7 Å². The normalized spacial score (nSPS) is 15.6. The summed E-state index contributed by atoms with van der Waals surface area (Å²) in [6.07, 6.45) is 6.78. The number of nitro groups is 1. The van der Waals surface area contributed by atoms with Gasteiger partial charge in [-0.1, -0.05) is 5.16 Å². The van der Waals surface area contributed by atoms with Crippen LogP contribution in [0.2, 0.25) is 0 Å². The Labute approximate surface area is 127 Å². The summed E-state index contributed by atoms with van der Waals surface area (Å²) >= 11 is 0. The maximum Gasteiger partial charge on any atom is 0.338 e. The number of aryl methyl sites for hydroxylation is 1. The van der Waals surface area contributed by atoms with Crippen molar-refractivity contribution in [1.29, 1.82) is 0 Å². The molecule has 7 heteroatoms. The molecule has 7 nitrogen and oxygen atoms in total. The van der Waals surface area contributed by atoms with Crippen LogP contribution in [0.4, 0.5) is 11.6 Å². The van der Waals surface area contributed by atoms with Crippen molar-refractivity contribution in [3.05, 3.63) is 39.5 Å². The van der Waals surface area contributed by atoms with E-state index >= 15 is 0 Å². The highest BCUT2D eigenvalue weighted by Crippen LogP contribution is 2.26. The highest BCUT2D eigenvalue weighted by Gasteiger charge is 2.22. The van der Waals surface area contributed by atoms with Gasteiger partial charge in [-0.2, -0.15) is 0 Å². The molecule has 116 valence electrons. The number of aromatic nitrogens is 1. The molecular formula is C15H17N3O4. The fourth-order valence-corrected chi connectivity index (χ4v) is 2.59. The molecule has 1 aliphatic rings. The molecule has 3 heterocycles. The Hall–Kier alpha value is -2.57. The fraction of sp³-hybridized carbons (Fsp3) is 0.400. The molecule has 0 amide bonds. The van der Waals surface area contributed by atoms with Gasteiger partial charge in [-0.05, 0) is 44.4 Å². The maximum absolute atomic E-state index is 11.0. The first-order chi connectivity index (χ1) is 10.6. The Morgan fingerprint density at radius 2 is 2.05 bits per heavy atom. The molecule has 1 aliphatic heterocycles. The van der Waals surface area contributed by atoms with Gasteiger partial charge in [0.05, 0.1) is 4.92 Å². The van der Waals surface area contributed by atoms with Crippen LogP contribution in [0.1, 0.15) is 36.5 Å². The highest BCUT2D eigenvalue weighted by atomic mass is 16.6. The molecule has 0 aliphatic carbocycles. The smallest absolute Gasteiger partial charge is 0.338 e. The molecule has 0 bridgehead atoms. The number of nitrogens with zero attached hydrogens (tertiary/aromatic N) is 3. The van der Waals surface area contributed by atoms with E-state index in [1.54, 1.807) is 13.0 Å². The Morgan fingerprint density at radius 3 is 2.77 bits per heavy atom. The molecule has 2 aromatic heterocycles. The molecule has 0 saturated carbocycles. The van der Waals surface area contributed by atoms with Crippen LogP contribution in [0.3, 0.4) is 0 Å². The van der Waals surface area contributed by atoms with Crippen LogP contribution in [0.25, 0.3) is 12.2 Å². The van der Waals surface area contributed by atoms with Crippen molar-refractivity contribution in [2.24, 2.45) is 0 Å². The molecule has 1 saturated heterocycles. The molecule has 0 aromatic carbocycles. The number of hydrogen-bond donors (Lipinski definition) is 0. The average molecular weight is 303 g/mol.